The summed E-state index contributed by atoms with van der Waals surface area (Å²) in [5.74, 6) is 0. The second-order valence-electron chi connectivity index (χ2n) is 5.47. The molecule has 1 N–H and O–H groups in total. The van der Waals surface area contributed by atoms with Crippen molar-refractivity contribution >= 4 is 15.9 Å². The molecule has 0 aliphatic heterocycles. The van der Waals surface area contributed by atoms with E-state index in [0.29, 0.717) is 5.41 Å². The molecule has 0 amide bonds. The highest BCUT2D eigenvalue weighted by atomic mass is 79.9. The molecule has 0 saturated heterocycles. The lowest BCUT2D eigenvalue weighted by atomic mass is 9.83. The topological polar surface area (TPSA) is 12.0 Å². The maximum Gasteiger partial charge on any atom is 0.0175 e. The largest absolute Gasteiger partial charge is 0.317 e. The fraction of sp³-hybridized carbons (Fsp3) is 0.600. The summed E-state index contributed by atoms with van der Waals surface area (Å²) in [7, 11) is 0. The highest BCUT2D eigenvalue weighted by Crippen LogP contribution is 2.26. The van der Waals surface area contributed by atoms with Gasteiger partial charge < -0.3 is 5.32 Å². The summed E-state index contributed by atoms with van der Waals surface area (Å²) in [4.78, 5) is 0. The van der Waals surface area contributed by atoms with Gasteiger partial charge in [0.25, 0.3) is 0 Å². The third kappa shape index (κ3) is 6.23. The van der Waals surface area contributed by atoms with Gasteiger partial charge in [-0.25, -0.2) is 0 Å². The molecule has 2 heteroatoms. The molecule has 0 fully saturated rings. The molecule has 0 saturated carbocycles. The van der Waals surface area contributed by atoms with Crippen LogP contribution in [0.2, 0.25) is 0 Å². The van der Waals surface area contributed by atoms with E-state index in [1.807, 2.05) is 0 Å². The van der Waals surface area contributed by atoms with Crippen LogP contribution in [0.5, 0.6) is 0 Å². The smallest absolute Gasteiger partial charge is 0.0175 e. The number of nitrogens with one attached hydrogen (secondary N) is 1. The normalized spacial score (nSPS) is 11.8. The van der Waals surface area contributed by atoms with Gasteiger partial charge in [-0.05, 0) is 55.5 Å². The van der Waals surface area contributed by atoms with Gasteiger partial charge in [-0.2, -0.15) is 0 Å². The van der Waals surface area contributed by atoms with Gasteiger partial charge >= 0.3 is 0 Å². The summed E-state index contributed by atoms with van der Waals surface area (Å²) in [6.45, 7) is 9.16. The molecule has 1 aromatic rings. The first-order chi connectivity index (χ1) is 8.03. The number of hydrogen-bond acceptors (Lipinski definition) is 1. The average molecular weight is 298 g/mol. The fourth-order valence-corrected chi connectivity index (χ4v) is 2.24. The molecule has 0 heterocycles. The molecule has 0 spiro atoms. The SMILES string of the molecule is CCCNCCC(C)(C)Cc1ccc(Br)cc1. The van der Waals surface area contributed by atoms with Crippen molar-refractivity contribution in [2.45, 2.75) is 40.0 Å². The van der Waals surface area contributed by atoms with Gasteiger partial charge in [0.2, 0.25) is 0 Å². The molecule has 0 bridgehead atoms. The monoisotopic (exact) mass is 297 g/mol. The minimum absolute atomic E-state index is 0.370. The van der Waals surface area contributed by atoms with Crippen LogP contribution in [0, 0.1) is 5.41 Å². The van der Waals surface area contributed by atoms with Gasteiger partial charge in [-0.1, -0.05) is 48.8 Å². The van der Waals surface area contributed by atoms with Crippen LogP contribution in [0.25, 0.3) is 0 Å². The van der Waals surface area contributed by atoms with Crippen molar-refractivity contribution in [2.24, 2.45) is 5.41 Å². The highest BCUT2D eigenvalue weighted by Gasteiger charge is 2.17. The summed E-state index contributed by atoms with van der Waals surface area (Å²) >= 11 is 3.47. The van der Waals surface area contributed by atoms with Gasteiger partial charge in [0, 0.05) is 4.47 Å². The molecule has 96 valence electrons. The molecule has 1 nitrogen and oxygen atoms in total. The van der Waals surface area contributed by atoms with E-state index in [4.69, 9.17) is 0 Å². The Morgan fingerprint density at radius 1 is 1.12 bits per heavy atom. The first-order valence-corrected chi connectivity index (χ1v) is 7.28. The summed E-state index contributed by atoms with van der Waals surface area (Å²) in [5, 5.41) is 3.48. The summed E-state index contributed by atoms with van der Waals surface area (Å²) in [6, 6.07) is 8.68. The minimum Gasteiger partial charge on any atom is -0.317 e. The van der Waals surface area contributed by atoms with E-state index < -0.39 is 0 Å². The van der Waals surface area contributed by atoms with Crippen LogP contribution >= 0.6 is 15.9 Å². The maximum absolute atomic E-state index is 3.48. The predicted molar refractivity (Wildman–Crippen MR) is 79.4 cm³/mol. The Bertz CT molecular complexity index is 316. The van der Waals surface area contributed by atoms with Crippen LogP contribution in [0.4, 0.5) is 0 Å². The molecule has 1 rings (SSSR count). The number of hydrogen-bond donors (Lipinski definition) is 1. The van der Waals surface area contributed by atoms with Crippen LogP contribution < -0.4 is 5.32 Å². The van der Waals surface area contributed by atoms with Crippen molar-refractivity contribution in [1.29, 1.82) is 0 Å². The first kappa shape index (κ1) is 14.7. The molecule has 0 aliphatic carbocycles. The second-order valence-corrected chi connectivity index (χ2v) is 6.38. The zero-order chi connectivity index (χ0) is 12.7. The van der Waals surface area contributed by atoms with Crippen LogP contribution in [-0.2, 0) is 6.42 Å². The zero-order valence-corrected chi connectivity index (χ0v) is 12.8. The molecule has 1 aromatic carbocycles. The second kappa shape index (κ2) is 7.17. The third-order valence-electron chi connectivity index (χ3n) is 3.00. The van der Waals surface area contributed by atoms with E-state index in [9.17, 15) is 0 Å². The van der Waals surface area contributed by atoms with Crippen molar-refractivity contribution in [3.8, 4) is 0 Å². The van der Waals surface area contributed by atoms with Gasteiger partial charge in [-0.3, -0.25) is 0 Å². The minimum atomic E-state index is 0.370. The van der Waals surface area contributed by atoms with Crippen LogP contribution in [0.1, 0.15) is 39.2 Å². The number of halogens is 1. The highest BCUT2D eigenvalue weighted by molar-refractivity contribution is 9.10. The third-order valence-corrected chi connectivity index (χ3v) is 3.53. The summed E-state index contributed by atoms with van der Waals surface area (Å²) in [6.07, 6.45) is 3.59. The van der Waals surface area contributed by atoms with E-state index in [1.165, 1.54) is 18.4 Å². The van der Waals surface area contributed by atoms with E-state index in [1.54, 1.807) is 0 Å². The van der Waals surface area contributed by atoms with E-state index in [0.717, 1.165) is 24.0 Å². The van der Waals surface area contributed by atoms with Gasteiger partial charge in [0.15, 0.2) is 0 Å². The predicted octanol–water partition coefficient (Wildman–Crippen LogP) is 4.41. The summed E-state index contributed by atoms with van der Waals surface area (Å²) in [5.41, 5.74) is 1.79. The first-order valence-electron chi connectivity index (χ1n) is 6.49. The molecule has 17 heavy (non-hydrogen) atoms. The Morgan fingerprint density at radius 3 is 2.35 bits per heavy atom. The molecular formula is C15H24BrN. The van der Waals surface area contributed by atoms with Crippen LogP contribution in [-0.4, -0.2) is 13.1 Å². The number of rotatable bonds is 7. The van der Waals surface area contributed by atoms with Crippen LogP contribution in [0.3, 0.4) is 0 Å². The van der Waals surface area contributed by atoms with Crippen molar-refractivity contribution in [3.05, 3.63) is 34.3 Å². The lowest BCUT2D eigenvalue weighted by Crippen LogP contribution is -2.24. The molecule has 0 atom stereocenters. The van der Waals surface area contributed by atoms with Crippen molar-refractivity contribution in [3.63, 3.8) is 0 Å². The quantitative estimate of drug-likeness (QED) is 0.735. The van der Waals surface area contributed by atoms with E-state index in [2.05, 4.69) is 66.3 Å². The molecule has 0 unspecified atom stereocenters. The Hall–Kier alpha value is -0.340. The Morgan fingerprint density at radius 2 is 1.76 bits per heavy atom. The Balaban J connectivity index is 2.40. The summed E-state index contributed by atoms with van der Waals surface area (Å²) < 4.78 is 1.16. The Kier molecular flexibility index (Phi) is 6.21. The van der Waals surface area contributed by atoms with Crippen molar-refractivity contribution in [1.82, 2.24) is 5.32 Å². The van der Waals surface area contributed by atoms with E-state index >= 15 is 0 Å². The standard InChI is InChI=1S/C15H24BrN/c1-4-10-17-11-9-15(2,3)12-13-5-7-14(16)8-6-13/h5-8,17H,4,9-12H2,1-3H3. The molecule has 0 aromatic heterocycles. The maximum atomic E-state index is 3.48. The lowest BCUT2D eigenvalue weighted by molar-refractivity contribution is 0.325. The van der Waals surface area contributed by atoms with Gasteiger partial charge in [-0.15, -0.1) is 0 Å². The molecule has 0 radical (unpaired) electrons. The molecule has 0 aliphatic rings. The van der Waals surface area contributed by atoms with E-state index in [-0.39, 0.29) is 0 Å². The van der Waals surface area contributed by atoms with Gasteiger partial charge in [0.1, 0.15) is 0 Å². The number of benzene rings is 1. The zero-order valence-electron chi connectivity index (χ0n) is 11.2. The van der Waals surface area contributed by atoms with Gasteiger partial charge in [0.05, 0.1) is 0 Å². The van der Waals surface area contributed by atoms with Crippen molar-refractivity contribution < 1.29 is 0 Å². The average Bonchev–Trinajstić information content (AvgIpc) is 2.27. The van der Waals surface area contributed by atoms with Crippen molar-refractivity contribution in [2.75, 3.05) is 13.1 Å². The van der Waals surface area contributed by atoms with Crippen LogP contribution in [0.15, 0.2) is 28.7 Å². The fourth-order valence-electron chi connectivity index (χ4n) is 1.97. The lowest BCUT2D eigenvalue weighted by Gasteiger charge is -2.25. The Labute approximate surface area is 114 Å². The molecular weight excluding hydrogens is 274 g/mol.